The molecule has 0 radical (unpaired) electrons. The first-order valence-corrected chi connectivity index (χ1v) is 10.4. The topological polar surface area (TPSA) is 212 Å². The highest BCUT2D eigenvalue weighted by molar-refractivity contribution is 5.92. The highest BCUT2D eigenvalue weighted by Gasteiger charge is 2.23. The van der Waals surface area contributed by atoms with Gasteiger partial charge in [0.1, 0.15) is 12.4 Å². The molecule has 1 unspecified atom stereocenters. The molecule has 3 rings (SSSR count). The average molecular weight is 515 g/mol. The number of esters is 2. The van der Waals surface area contributed by atoms with E-state index in [1.54, 1.807) is 18.2 Å². The predicted molar refractivity (Wildman–Crippen MR) is 123 cm³/mol. The number of carbonyl (C=O) groups is 3. The van der Waals surface area contributed by atoms with Crippen LogP contribution in [0.1, 0.15) is 20.7 Å². The molecule has 0 heterocycles. The van der Waals surface area contributed by atoms with Crippen molar-refractivity contribution < 1.29 is 59.2 Å². The van der Waals surface area contributed by atoms with Crippen molar-refractivity contribution in [3.63, 3.8) is 0 Å². The van der Waals surface area contributed by atoms with E-state index in [-0.39, 0.29) is 16.9 Å². The minimum absolute atomic E-state index is 0.224. The number of ether oxygens (including phenoxy) is 3. The minimum Gasteiger partial charge on any atom is -0.504 e. The Morgan fingerprint density at radius 2 is 1.22 bits per heavy atom. The number of benzene rings is 3. The zero-order chi connectivity index (χ0) is 27.1. The Morgan fingerprint density at radius 1 is 0.730 bits per heavy atom. The molecule has 0 saturated heterocycles. The van der Waals surface area contributed by atoms with Crippen LogP contribution in [0.4, 0.5) is 4.79 Å². The quantitative estimate of drug-likeness (QED) is 0.170. The van der Waals surface area contributed by atoms with E-state index in [2.05, 4.69) is 5.32 Å². The summed E-state index contributed by atoms with van der Waals surface area (Å²) >= 11 is 0. The second-order valence-corrected chi connectivity index (χ2v) is 7.44. The number of hydrogen-bond acceptors (Lipinski definition) is 12. The van der Waals surface area contributed by atoms with Gasteiger partial charge >= 0.3 is 18.0 Å². The predicted octanol–water partition coefficient (Wildman–Crippen LogP) is 2.09. The molecule has 0 bridgehead atoms. The minimum atomic E-state index is -1.34. The summed E-state index contributed by atoms with van der Waals surface area (Å²) in [6, 6.07) is 11.3. The van der Waals surface area contributed by atoms with Gasteiger partial charge in [0.25, 0.3) is 0 Å². The molecule has 37 heavy (non-hydrogen) atoms. The lowest BCUT2D eigenvalue weighted by atomic mass is 10.2. The van der Waals surface area contributed by atoms with Crippen LogP contribution in [0.2, 0.25) is 0 Å². The van der Waals surface area contributed by atoms with Crippen LogP contribution in [-0.2, 0) is 9.47 Å². The lowest BCUT2D eigenvalue weighted by molar-refractivity contribution is 0.0000657. The first kappa shape index (κ1) is 26.3. The Morgan fingerprint density at radius 3 is 1.73 bits per heavy atom. The van der Waals surface area contributed by atoms with Crippen molar-refractivity contribution in [3.05, 3.63) is 65.7 Å². The van der Waals surface area contributed by atoms with Crippen molar-refractivity contribution in [1.29, 1.82) is 0 Å². The average Bonchev–Trinajstić information content (AvgIpc) is 2.87. The zero-order valence-corrected chi connectivity index (χ0v) is 18.8. The van der Waals surface area contributed by atoms with E-state index in [4.69, 9.17) is 14.2 Å². The molecule has 1 amide bonds. The van der Waals surface area contributed by atoms with Gasteiger partial charge in [-0.2, -0.15) is 0 Å². The van der Waals surface area contributed by atoms with Crippen LogP contribution in [0.15, 0.2) is 54.6 Å². The molecule has 0 aliphatic heterocycles. The molecule has 7 N–H and O–H groups in total. The van der Waals surface area contributed by atoms with E-state index in [0.717, 1.165) is 24.3 Å². The summed E-state index contributed by atoms with van der Waals surface area (Å²) in [5.41, 5.74) is -0.716. The third-order valence-electron chi connectivity index (χ3n) is 4.71. The number of para-hydroxylation sites is 1. The highest BCUT2D eigenvalue weighted by atomic mass is 16.6. The molecule has 0 aromatic heterocycles. The van der Waals surface area contributed by atoms with E-state index < -0.39 is 71.8 Å². The third-order valence-corrected chi connectivity index (χ3v) is 4.71. The Hall–Kier alpha value is -5.33. The molecule has 0 spiro atoms. The number of aromatic hydroxyl groups is 6. The van der Waals surface area contributed by atoms with Crippen LogP contribution in [0.3, 0.4) is 0 Å². The molecule has 0 aliphatic carbocycles. The van der Waals surface area contributed by atoms with E-state index in [0.29, 0.717) is 0 Å². The monoisotopic (exact) mass is 515 g/mol. The fourth-order valence-corrected chi connectivity index (χ4v) is 2.88. The van der Waals surface area contributed by atoms with Gasteiger partial charge in [0.2, 0.25) is 0 Å². The Kier molecular flexibility index (Phi) is 8.09. The molecule has 3 aromatic rings. The van der Waals surface area contributed by atoms with Gasteiger partial charge in [-0.15, -0.1) is 0 Å². The van der Waals surface area contributed by atoms with Crippen LogP contribution in [-0.4, -0.2) is 67.9 Å². The van der Waals surface area contributed by atoms with E-state index >= 15 is 0 Å². The van der Waals surface area contributed by atoms with Crippen LogP contribution in [0, 0.1) is 0 Å². The number of phenols is 6. The van der Waals surface area contributed by atoms with Crippen LogP contribution in [0.25, 0.3) is 0 Å². The van der Waals surface area contributed by atoms with Gasteiger partial charge in [-0.25, -0.2) is 14.4 Å². The van der Waals surface area contributed by atoms with E-state index in [1.807, 2.05) is 0 Å². The maximum absolute atomic E-state index is 12.5. The number of nitrogens with one attached hydrogen (secondary N) is 1. The number of hydrogen-bond donors (Lipinski definition) is 7. The fourth-order valence-electron chi connectivity index (χ4n) is 2.88. The second-order valence-electron chi connectivity index (χ2n) is 7.44. The van der Waals surface area contributed by atoms with Gasteiger partial charge in [0.05, 0.1) is 17.7 Å². The lowest BCUT2D eigenvalue weighted by Crippen LogP contribution is -2.39. The van der Waals surface area contributed by atoms with Crippen molar-refractivity contribution in [2.75, 3.05) is 13.2 Å². The standard InChI is InChI=1S/C24H21NO12/c26-16-6-12(7-17(27)20(16)30)22(32)35-11-15(10-25-24(34)37-14-4-2-1-3-5-14)36-23(33)13-8-18(28)21(31)19(29)9-13/h1-9,15,26-31H,10-11H2,(H,25,34). The van der Waals surface area contributed by atoms with Gasteiger partial charge in [-0.05, 0) is 36.4 Å². The maximum Gasteiger partial charge on any atom is 0.412 e. The molecule has 0 aliphatic rings. The summed E-state index contributed by atoms with van der Waals surface area (Å²) < 4.78 is 15.3. The molecule has 1 atom stereocenters. The normalized spacial score (nSPS) is 11.2. The van der Waals surface area contributed by atoms with Gasteiger partial charge < -0.3 is 50.2 Å². The molecule has 194 valence electrons. The summed E-state index contributed by atoms with van der Waals surface area (Å²) in [6.07, 6.45) is -2.26. The molecule has 13 heteroatoms. The first-order valence-electron chi connectivity index (χ1n) is 10.4. The van der Waals surface area contributed by atoms with Crippen LogP contribution < -0.4 is 10.1 Å². The molecule has 0 saturated carbocycles. The van der Waals surface area contributed by atoms with E-state index in [1.165, 1.54) is 12.1 Å². The fraction of sp³-hybridized carbons (Fsp3) is 0.125. The van der Waals surface area contributed by atoms with E-state index in [9.17, 15) is 45.0 Å². The number of amides is 1. The smallest absolute Gasteiger partial charge is 0.412 e. The molecule has 13 nitrogen and oxygen atoms in total. The summed E-state index contributed by atoms with van der Waals surface area (Å²) in [6.45, 7) is -1.07. The number of rotatable bonds is 8. The summed E-state index contributed by atoms with van der Waals surface area (Å²) in [4.78, 5) is 37.0. The summed E-state index contributed by atoms with van der Waals surface area (Å²) in [5, 5.41) is 59.6. The zero-order valence-electron chi connectivity index (χ0n) is 18.8. The number of carbonyl (C=O) groups excluding carboxylic acids is 3. The summed E-state index contributed by atoms with van der Waals surface area (Å²) in [7, 11) is 0. The van der Waals surface area contributed by atoms with Crippen molar-refractivity contribution >= 4 is 18.0 Å². The first-order chi connectivity index (χ1) is 17.5. The van der Waals surface area contributed by atoms with Crippen LogP contribution in [0.5, 0.6) is 40.2 Å². The molecular formula is C24H21NO12. The van der Waals surface area contributed by atoms with Gasteiger partial charge in [-0.1, -0.05) is 18.2 Å². The molecular weight excluding hydrogens is 494 g/mol. The maximum atomic E-state index is 12.5. The third kappa shape index (κ3) is 6.85. The Balaban J connectivity index is 1.71. The second kappa shape index (κ2) is 11.4. The lowest BCUT2D eigenvalue weighted by Gasteiger charge is -2.19. The van der Waals surface area contributed by atoms with Crippen molar-refractivity contribution in [2.45, 2.75) is 6.10 Å². The SMILES string of the molecule is O=C(NCC(COC(=O)c1cc(O)c(O)c(O)c1)OC(=O)c1cc(O)c(O)c(O)c1)Oc1ccccc1. The van der Waals surface area contributed by atoms with Gasteiger partial charge in [0.15, 0.2) is 40.6 Å². The van der Waals surface area contributed by atoms with Gasteiger partial charge in [-0.3, -0.25) is 0 Å². The number of phenolic OH excluding ortho intramolecular Hbond substituents is 6. The largest absolute Gasteiger partial charge is 0.504 e. The van der Waals surface area contributed by atoms with Crippen LogP contribution >= 0.6 is 0 Å². The highest BCUT2D eigenvalue weighted by Crippen LogP contribution is 2.36. The van der Waals surface area contributed by atoms with Gasteiger partial charge in [0, 0.05) is 0 Å². The Bertz CT molecular complexity index is 1260. The summed E-state index contributed by atoms with van der Waals surface area (Å²) in [5.74, 6) is -6.85. The van der Waals surface area contributed by atoms with Crippen molar-refractivity contribution in [3.8, 4) is 40.2 Å². The van der Waals surface area contributed by atoms with Crippen molar-refractivity contribution in [1.82, 2.24) is 5.32 Å². The van der Waals surface area contributed by atoms with Crippen molar-refractivity contribution in [2.24, 2.45) is 0 Å². The molecule has 3 aromatic carbocycles. The Labute approximate surface area is 208 Å². The molecule has 0 fully saturated rings.